The molecule has 0 saturated heterocycles. The number of nitrogens with zero attached hydrogens (tertiary/aromatic N) is 5. The maximum Gasteiger partial charge on any atom is 0.284 e. The Labute approximate surface area is 222 Å². The minimum Gasteiger partial charge on any atom is -0.438 e. The topological polar surface area (TPSA) is 125 Å². The van der Waals surface area contributed by atoms with Crippen LogP contribution in [0, 0.1) is 12.8 Å². The van der Waals surface area contributed by atoms with Crippen molar-refractivity contribution in [3.8, 4) is 17.3 Å². The summed E-state index contributed by atoms with van der Waals surface area (Å²) in [6.07, 6.45) is 3.47. The minimum atomic E-state index is -0.492. The van der Waals surface area contributed by atoms with Crippen LogP contribution in [0.5, 0.6) is 11.6 Å². The van der Waals surface area contributed by atoms with Crippen molar-refractivity contribution in [2.75, 3.05) is 10.6 Å². The lowest BCUT2D eigenvalue weighted by molar-refractivity contribution is -0.117. The molecule has 6 rings (SSSR count). The molecule has 1 fully saturated rings. The molecule has 11 heteroatoms. The fourth-order valence-corrected chi connectivity index (χ4v) is 4.30. The van der Waals surface area contributed by atoms with Crippen molar-refractivity contribution >= 4 is 29.0 Å². The number of para-hydroxylation sites is 1. The van der Waals surface area contributed by atoms with Crippen molar-refractivity contribution in [3.05, 3.63) is 94.5 Å². The molecule has 3 aromatic heterocycles. The lowest BCUT2D eigenvalue weighted by Crippen LogP contribution is -2.25. The third-order valence-corrected chi connectivity index (χ3v) is 6.61. The van der Waals surface area contributed by atoms with Crippen LogP contribution in [0.15, 0.2) is 77.7 Å². The summed E-state index contributed by atoms with van der Waals surface area (Å²) in [6.45, 7) is 1.74. The first kappa shape index (κ1) is 24.2. The number of aromatic nitrogens is 5. The van der Waals surface area contributed by atoms with Gasteiger partial charge in [-0.25, -0.2) is 14.2 Å². The standard InChI is InChI=1S/C28H25N7O4/c1-17-25(28(38)35(33(17)2)20-6-4-3-5-7-20)27(37)29-19-10-12-21(13-11-19)39-24-15-14-23-30-22(16-34(23)32-24)31-26(36)18-8-9-18/h3-7,10-16,18H,8-9H2,1-2H3,(H,29,37)(H,31,36). The van der Waals surface area contributed by atoms with E-state index in [9.17, 15) is 14.4 Å². The number of amides is 2. The van der Waals surface area contributed by atoms with Gasteiger partial charge in [0.1, 0.15) is 11.3 Å². The molecular formula is C28H25N7O4. The van der Waals surface area contributed by atoms with Crippen LogP contribution in [-0.4, -0.2) is 35.8 Å². The van der Waals surface area contributed by atoms with Crippen LogP contribution in [0.4, 0.5) is 11.5 Å². The summed E-state index contributed by atoms with van der Waals surface area (Å²) in [5.41, 5.74) is 2.00. The predicted octanol–water partition coefficient (Wildman–Crippen LogP) is 3.92. The van der Waals surface area contributed by atoms with E-state index in [1.165, 1.54) is 9.20 Å². The van der Waals surface area contributed by atoms with Crippen molar-refractivity contribution in [1.29, 1.82) is 0 Å². The van der Waals surface area contributed by atoms with E-state index in [1.54, 1.807) is 61.2 Å². The Morgan fingerprint density at radius 3 is 2.44 bits per heavy atom. The summed E-state index contributed by atoms with van der Waals surface area (Å²) in [5.74, 6) is 0.849. The molecule has 0 atom stereocenters. The highest BCUT2D eigenvalue weighted by molar-refractivity contribution is 6.05. The molecule has 2 N–H and O–H groups in total. The lowest BCUT2D eigenvalue weighted by Gasteiger charge is -2.08. The quantitative estimate of drug-likeness (QED) is 0.333. The SMILES string of the molecule is Cc1c(C(=O)Nc2ccc(Oc3ccc4nc(NC(=O)C5CC5)cn4n3)cc2)c(=O)n(-c2ccccc2)n1C. The number of ether oxygens (including phenoxy) is 1. The predicted molar refractivity (Wildman–Crippen MR) is 145 cm³/mol. The zero-order chi connectivity index (χ0) is 27.1. The van der Waals surface area contributed by atoms with E-state index < -0.39 is 11.5 Å². The largest absolute Gasteiger partial charge is 0.438 e. The van der Waals surface area contributed by atoms with E-state index in [1.807, 2.05) is 30.3 Å². The van der Waals surface area contributed by atoms with Crippen molar-refractivity contribution in [2.24, 2.45) is 13.0 Å². The maximum atomic E-state index is 13.1. The summed E-state index contributed by atoms with van der Waals surface area (Å²) >= 11 is 0. The van der Waals surface area contributed by atoms with Crippen molar-refractivity contribution in [2.45, 2.75) is 19.8 Å². The summed E-state index contributed by atoms with van der Waals surface area (Å²) in [6, 6.07) is 19.3. The number of carbonyl (C=O) groups excluding carboxylic acids is 2. The monoisotopic (exact) mass is 523 g/mol. The van der Waals surface area contributed by atoms with Gasteiger partial charge < -0.3 is 15.4 Å². The second-order valence-electron chi connectivity index (χ2n) is 9.38. The van der Waals surface area contributed by atoms with Crippen LogP contribution < -0.4 is 20.9 Å². The van der Waals surface area contributed by atoms with Crippen molar-refractivity contribution in [1.82, 2.24) is 24.0 Å². The molecule has 11 nitrogen and oxygen atoms in total. The summed E-state index contributed by atoms with van der Waals surface area (Å²) in [7, 11) is 1.74. The molecule has 3 heterocycles. The fourth-order valence-electron chi connectivity index (χ4n) is 4.30. The molecule has 39 heavy (non-hydrogen) atoms. The number of rotatable bonds is 7. The summed E-state index contributed by atoms with van der Waals surface area (Å²) in [4.78, 5) is 42.5. The Balaban J connectivity index is 1.15. The number of hydrogen-bond donors (Lipinski definition) is 2. The van der Waals surface area contributed by atoms with E-state index in [-0.39, 0.29) is 17.4 Å². The Hall–Kier alpha value is -5.19. The lowest BCUT2D eigenvalue weighted by atomic mass is 10.2. The second kappa shape index (κ2) is 9.60. The van der Waals surface area contributed by atoms with E-state index in [0.717, 1.165) is 12.8 Å². The fraction of sp³-hybridized carbons (Fsp3) is 0.179. The molecule has 5 aromatic rings. The van der Waals surface area contributed by atoms with Crippen LogP contribution in [-0.2, 0) is 11.8 Å². The number of fused-ring (bicyclic) bond motifs is 1. The molecule has 196 valence electrons. The van der Waals surface area contributed by atoms with Crippen LogP contribution in [0.3, 0.4) is 0 Å². The van der Waals surface area contributed by atoms with Crippen molar-refractivity contribution < 1.29 is 14.3 Å². The number of hydrogen-bond acceptors (Lipinski definition) is 6. The van der Waals surface area contributed by atoms with Gasteiger partial charge >= 0.3 is 0 Å². The minimum absolute atomic E-state index is 0.0219. The summed E-state index contributed by atoms with van der Waals surface area (Å²) < 4.78 is 10.5. The molecule has 1 aliphatic carbocycles. The zero-order valence-electron chi connectivity index (χ0n) is 21.3. The molecule has 0 radical (unpaired) electrons. The van der Waals surface area contributed by atoms with Crippen molar-refractivity contribution in [3.63, 3.8) is 0 Å². The van der Waals surface area contributed by atoms with Crippen LogP contribution in [0.2, 0.25) is 0 Å². The maximum absolute atomic E-state index is 13.1. The Morgan fingerprint density at radius 2 is 1.72 bits per heavy atom. The van der Waals surface area contributed by atoms with E-state index in [4.69, 9.17) is 4.74 Å². The highest BCUT2D eigenvalue weighted by Crippen LogP contribution is 2.30. The van der Waals surface area contributed by atoms with Gasteiger partial charge in [-0.2, -0.15) is 0 Å². The number of nitrogens with one attached hydrogen (secondary N) is 2. The molecule has 0 bridgehead atoms. The van der Waals surface area contributed by atoms with Gasteiger partial charge in [0.2, 0.25) is 11.8 Å². The molecule has 1 aliphatic rings. The molecule has 1 saturated carbocycles. The third-order valence-electron chi connectivity index (χ3n) is 6.61. The highest BCUT2D eigenvalue weighted by Gasteiger charge is 2.30. The number of benzene rings is 2. The first-order valence-corrected chi connectivity index (χ1v) is 12.5. The van der Waals surface area contributed by atoms with Crippen LogP contribution >= 0.6 is 0 Å². The highest BCUT2D eigenvalue weighted by atomic mass is 16.5. The average molecular weight is 524 g/mol. The van der Waals surface area contributed by atoms with Crippen LogP contribution in [0.1, 0.15) is 28.9 Å². The van der Waals surface area contributed by atoms with Gasteiger partial charge in [0, 0.05) is 24.7 Å². The third kappa shape index (κ3) is 4.77. The first-order chi connectivity index (χ1) is 18.9. The molecule has 2 aromatic carbocycles. The zero-order valence-corrected chi connectivity index (χ0v) is 21.3. The Bertz CT molecular complexity index is 1760. The molecule has 0 aliphatic heterocycles. The average Bonchev–Trinajstić information content (AvgIpc) is 3.66. The van der Waals surface area contributed by atoms with Gasteiger partial charge in [-0.05, 0) is 62.2 Å². The first-order valence-electron chi connectivity index (χ1n) is 12.5. The van der Waals surface area contributed by atoms with Gasteiger partial charge in [-0.3, -0.25) is 19.1 Å². The van der Waals surface area contributed by atoms with Gasteiger partial charge in [0.15, 0.2) is 11.5 Å². The Morgan fingerprint density at radius 1 is 0.974 bits per heavy atom. The van der Waals surface area contributed by atoms with Gasteiger partial charge in [-0.15, -0.1) is 5.10 Å². The Kier molecular flexibility index (Phi) is 5.95. The van der Waals surface area contributed by atoms with E-state index in [0.29, 0.717) is 40.2 Å². The molecular weight excluding hydrogens is 498 g/mol. The van der Waals surface area contributed by atoms with Gasteiger partial charge in [-0.1, -0.05) is 18.2 Å². The molecule has 2 amide bonds. The van der Waals surface area contributed by atoms with Crippen LogP contribution in [0.25, 0.3) is 11.3 Å². The molecule has 0 unspecified atom stereocenters. The summed E-state index contributed by atoms with van der Waals surface area (Å²) in [5, 5.41) is 10.00. The number of anilines is 2. The van der Waals surface area contributed by atoms with E-state index in [2.05, 4.69) is 20.7 Å². The molecule has 0 spiro atoms. The normalized spacial score (nSPS) is 12.9. The number of imidazole rings is 1. The smallest absolute Gasteiger partial charge is 0.284 e. The number of carbonyl (C=O) groups is 2. The van der Waals surface area contributed by atoms with E-state index >= 15 is 0 Å². The second-order valence-corrected chi connectivity index (χ2v) is 9.38. The van der Waals surface area contributed by atoms with Gasteiger partial charge in [0.05, 0.1) is 17.6 Å². The van der Waals surface area contributed by atoms with Gasteiger partial charge in [0.25, 0.3) is 11.5 Å².